The highest BCUT2D eigenvalue weighted by Crippen LogP contribution is 2.47. The summed E-state index contributed by atoms with van der Waals surface area (Å²) < 4.78 is 0. The van der Waals surface area contributed by atoms with Crippen molar-refractivity contribution in [3.05, 3.63) is 133 Å². The van der Waals surface area contributed by atoms with Crippen LogP contribution in [0.2, 0.25) is 0 Å². The van der Waals surface area contributed by atoms with E-state index >= 15 is 0 Å². The molecule has 0 aliphatic rings. The van der Waals surface area contributed by atoms with Gasteiger partial charge in [-0.2, -0.15) is 0 Å². The second-order valence-corrected chi connectivity index (χ2v) is 9.89. The summed E-state index contributed by atoms with van der Waals surface area (Å²) >= 11 is 0. The van der Waals surface area contributed by atoms with Gasteiger partial charge in [0.2, 0.25) is 0 Å². The largest absolute Gasteiger partial charge is 0.353 e. The highest BCUT2D eigenvalue weighted by atomic mass is 14.8. The highest BCUT2D eigenvalue weighted by molar-refractivity contribution is 6.15. The summed E-state index contributed by atoms with van der Waals surface area (Å²) in [4.78, 5) is 7.66. The fourth-order valence-corrected chi connectivity index (χ4v) is 6.11. The van der Waals surface area contributed by atoms with Crippen LogP contribution in [0.5, 0.6) is 0 Å². The van der Waals surface area contributed by atoms with Crippen molar-refractivity contribution in [2.75, 3.05) is 0 Å². The molecule has 8 rings (SSSR count). The normalized spacial score (nSPS) is 11.7. The number of hydrogen-bond acceptors (Lipinski definition) is 0. The Morgan fingerprint density at radius 3 is 1.16 bits per heavy atom. The van der Waals surface area contributed by atoms with Gasteiger partial charge in [-0.1, -0.05) is 121 Å². The molecule has 8 aromatic rings. The topological polar surface area (TPSA) is 31.6 Å². The monoisotopic (exact) mass is 484 g/mol. The zero-order valence-corrected chi connectivity index (χ0v) is 20.7. The van der Waals surface area contributed by atoms with E-state index in [2.05, 4.69) is 143 Å². The van der Waals surface area contributed by atoms with Gasteiger partial charge in [0.05, 0.1) is 11.4 Å². The molecule has 0 aliphatic carbocycles. The molecule has 2 nitrogen and oxygen atoms in total. The Balaban J connectivity index is 1.53. The molecular weight excluding hydrogens is 460 g/mol. The molecule has 0 amide bonds. The van der Waals surface area contributed by atoms with Crippen molar-refractivity contribution in [3.8, 4) is 33.6 Å². The number of aromatic nitrogens is 2. The summed E-state index contributed by atoms with van der Waals surface area (Å²) in [6, 6.07) is 47.8. The number of benzene rings is 6. The predicted octanol–water partition coefficient (Wildman–Crippen LogP) is 9.96. The molecule has 0 aliphatic heterocycles. The Bertz CT molecular complexity index is 1980. The Kier molecular flexibility index (Phi) is 4.55. The van der Waals surface area contributed by atoms with Crippen LogP contribution < -0.4 is 0 Å². The Morgan fingerprint density at radius 1 is 0.316 bits per heavy atom. The van der Waals surface area contributed by atoms with E-state index in [4.69, 9.17) is 0 Å². The lowest BCUT2D eigenvalue weighted by molar-refractivity contribution is 1.38. The van der Waals surface area contributed by atoms with E-state index < -0.39 is 0 Å². The molecule has 0 atom stereocenters. The molecule has 2 heteroatoms. The van der Waals surface area contributed by atoms with Gasteiger partial charge < -0.3 is 9.97 Å². The number of fused-ring (bicyclic) bond motifs is 4. The van der Waals surface area contributed by atoms with E-state index in [1.165, 1.54) is 54.6 Å². The minimum Gasteiger partial charge on any atom is -0.353 e. The third-order valence-corrected chi connectivity index (χ3v) is 7.78. The molecule has 0 unspecified atom stereocenters. The third kappa shape index (κ3) is 3.07. The minimum absolute atomic E-state index is 1.11. The summed E-state index contributed by atoms with van der Waals surface area (Å²) in [6.07, 6.45) is 0. The molecule has 0 saturated heterocycles. The van der Waals surface area contributed by atoms with Crippen molar-refractivity contribution < 1.29 is 0 Å². The number of nitrogens with one attached hydrogen (secondary N) is 2. The molecule has 0 saturated carbocycles. The molecule has 0 bridgehead atoms. The van der Waals surface area contributed by atoms with E-state index in [0.29, 0.717) is 0 Å². The Hall–Kier alpha value is -5.08. The average molecular weight is 485 g/mol. The van der Waals surface area contributed by atoms with Gasteiger partial charge in [-0.25, -0.2) is 0 Å². The fourth-order valence-electron chi connectivity index (χ4n) is 6.11. The average Bonchev–Trinajstić information content (AvgIpc) is 3.55. The fraction of sp³-hybridized carbons (Fsp3) is 0. The summed E-state index contributed by atoms with van der Waals surface area (Å²) in [7, 11) is 0. The lowest BCUT2D eigenvalue weighted by atomic mass is 9.91. The van der Waals surface area contributed by atoms with Crippen LogP contribution in [0, 0.1) is 0 Å². The molecule has 0 radical (unpaired) electrons. The molecule has 178 valence electrons. The third-order valence-electron chi connectivity index (χ3n) is 7.78. The molecule has 2 aromatic heterocycles. The summed E-state index contributed by atoms with van der Waals surface area (Å²) in [6.45, 7) is 0. The quantitative estimate of drug-likeness (QED) is 0.250. The zero-order valence-electron chi connectivity index (χ0n) is 20.7. The van der Waals surface area contributed by atoms with Gasteiger partial charge in [0, 0.05) is 32.9 Å². The summed E-state index contributed by atoms with van der Waals surface area (Å²) in [5.41, 5.74) is 9.41. The molecule has 6 aromatic carbocycles. The van der Waals surface area contributed by atoms with Gasteiger partial charge in [-0.15, -0.1) is 0 Å². The van der Waals surface area contributed by atoms with Crippen LogP contribution in [0.3, 0.4) is 0 Å². The molecule has 38 heavy (non-hydrogen) atoms. The van der Waals surface area contributed by atoms with Crippen LogP contribution >= 0.6 is 0 Å². The van der Waals surface area contributed by atoms with Crippen molar-refractivity contribution in [3.63, 3.8) is 0 Å². The van der Waals surface area contributed by atoms with Crippen molar-refractivity contribution in [1.29, 1.82) is 0 Å². The number of para-hydroxylation sites is 2. The van der Waals surface area contributed by atoms with E-state index in [1.807, 2.05) is 0 Å². The van der Waals surface area contributed by atoms with Gasteiger partial charge in [0.25, 0.3) is 0 Å². The first-order valence-corrected chi connectivity index (χ1v) is 13.0. The molecule has 0 spiro atoms. The molecule has 2 heterocycles. The maximum absolute atomic E-state index is 3.83. The number of rotatable bonds is 3. The maximum atomic E-state index is 3.83. The number of H-pyrrole nitrogens is 2. The predicted molar refractivity (Wildman–Crippen MR) is 161 cm³/mol. The van der Waals surface area contributed by atoms with Crippen LogP contribution in [0.15, 0.2) is 133 Å². The molecule has 2 N–H and O–H groups in total. The van der Waals surface area contributed by atoms with Gasteiger partial charge in [-0.05, 0) is 44.8 Å². The van der Waals surface area contributed by atoms with E-state index in [9.17, 15) is 0 Å². The lowest BCUT2D eigenvalue weighted by Crippen LogP contribution is -1.89. The summed E-state index contributed by atoms with van der Waals surface area (Å²) in [5, 5.41) is 7.44. The zero-order chi connectivity index (χ0) is 25.1. The smallest absolute Gasteiger partial charge is 0.0717 e. The number of aromatic amines is 2. The van der Waals surface area contributed by atoms with E-state index in [1.54, 1.807) is 0 Å². The summed E-state index contributed by atoms with van der Waals surface area (Å²) in [5.74, 6) is 0. The van der Waals surface area contributed by atoms with Crippen LogP contribution in [-0.2, 0) is 0 Å². The van der Waals surface area contributed by atoms with Gasteiger partial charge in [-0.3, -0.25) is 0 Å². The van der Waals surface area contributed by atoms with Gasteiger partial charge >= 0.3 is 0 Å². The number of hydrogen-bond donors (Lipinski definition) is 2. The maximum Gasteiger partial charge on any atom is 0.0717 e. The Labute approximate surface area is 220 Å². The SMILES string of the molecule is c1ccc2c(-c3c(-c4[nH]c5ccccc5c4-c4cccc5ccccc45)[nH]c4ccccc34)cccc2c1. The van der Waals surface area contributed by atoms with E-state index in [0.717, 1.165) is 22.4 Å². The van der Waals surface area contributed by atoms with Crippen molar-refractivity contribution in [2.45, 2.75) is 0 Å². The van der Waals surface area contributed by atoms with Crippen LogP contribution in [0.1, 0.15) is 0 Å². The highest BCUT2D eigenvalue weighted by Gasteiger charge is 2.23. The van der Waals surface area contributed by atoms with Gasteiger partial charge in [0.15, 0.2) is 0 Å². The Morgan fingerprint density at radius 2 is 0.684 bits per heavy atom. The van der Waals surface area contributed by atoms with Crippen molar-refractivity contribution in [2.24, 2.45) is 0 Å². The first-order chi connectivity index (χ1) is 18.9. The van der Waals surface area contributed by atoms with Gasteiger partial charge in [0.1, 0.15) is 0 Å². The first kappa shape index (κ1) is 21.0. The molecular formula is C36H24N2. The second-order valence-electron chi connectivity index (χ2n) is 9.89. The minimum atomic E-state index is 1.11. The van der Waals surface area contributed by atoms with Crippen LogP contribution in [0.25, 0.3) is 77.0 Å². The second kappa shape index (κ2) is 8.22. The standard InChI is InChI=1S/C36H24N2/c1-3-15-25-23(11-1)13-9-19-27(25)33-29-17-5-7-21-31(29)37-35(33)36-34(30-18-6-8-22-32(30)38-36)28-20-10-14-24-12-2-4-16-26(24)28/h1-22,37-38H. The van der Waals surface area contributed by atoms with E-state index in [-0.39, 0.29) is 0 Å². The van der Waals surface area contributed by atoms with Crippen molar-refractivity contribution in [1.82, 2.24) is 9.97 Å². The van der Waals surface area contributed by atoms with Crippen LogP contribution in [-0.4, -0.2) is 9.97 Å². The molecule has 0 fully saturated rings. The lowest BCUT2D eigenvalue weighted by Gasteiger charge is -2.12. The van der Waals surface area contributed by atoms with Crippen molar-refractivity contribution >= 4 is 43.4 Å². The first-order valence-electron chi connectivity index (χ1n) is 13.0. The van der Waals surface area contributed by atoms with Crippen LogP contribution in [0.4, 0.5) is 0 Å².